The van der Waals surface area contributed by atoms with Gasteiger partial charge < -0.3 is 0 Å². The van der Waals surface area contributed by atoms with Gasteiger partial charge >= 0.3 is 0 Å². The number of hydrogen-bond donors (Lipinski definition) is 1. The minimum Gasteiger partial charge on any atom is -0.267 e. The fourth-order valence-corrected chi connectivity index (χ4v) is 2.84. The van der Waals surface area contributed by atoms with E-state index in [4.69, 9.17) is 5.10 Å². The summed E-state index contributed by atoms with van der Waals surface area (Å²) in [6, 6.07) is 17.1. The molecule has 0 spiro atoms. The Morgan fingerprint density at radius 2 is 1.83 bits per heavy atom. The van der Waals surface area contributed by atoms with Crippen molar-refractivity contribution >= 4 is 12.1 Å². The Hall–Kier alpha value is -4.13. The summed E-state index contributed by atoms with van der Waals surface area (Å²) in [4.78, 5) is 20.2. The molecule has 7 heteroatoms. The summed E-state index contributed by atoms with van der Waals surface area (Å²) >= 11 is 0. The molecule has 0 radical (unpaired) electrons. The van der Waals surface area contributed by atoms with Crippen LogP contribution in [0.4, 0.5) is 0 Å². The lowest BCUT2D eigenvalue weighted by Crippen LogP contribution is -2.17. The molecule has 0 saturated heterocycles. The summed E-state index contributed by atoms with van der Waals surface area (Å²) in [7, 11) is 0. The molecule has 29 heavy (non-hydrogen) atoms. The van der Waals surface area contributed by atoms with E-state index in [1.807, 2.05) is 53.3 Å². The number of hydrazone groups is 1. The van der Waals surface area contributed by atoms with Gasteiger partial charge in [-0.2, -0.15) is 10.2 Å². The normalized spacial score (nSPS) is 10.9. The third kappa shape index (κ3) is 4.59. The summed E-state index contributed by atoms with van der Waals surface area (Å²) in [6.07, 6.45) is 10.1. The van der Waals surface area contributed by atoms with Gasteiger partial charge in [-0.3, -0.25) is 19.4 Å². The van der Waals surface area contributed by atoms with Crippen LogP contribution < -0.4 is 5.43 Å². The SMILES string of the molecule is O=C(N/N=C\c1cn(Cc2ccccc2)nc1-c1cccnc1)c1ccncc1. The van der Waals surface area contributed by atoms with E-state index in [0.29, 0.717) is 12.1 Å². The minimum absolute atomic E-state index is 0.303. The molecule has 0 saturated carbocycles. The minimum atomic E-state index is -0.303. The third-order valence-electron chi connectivity index (χ3n) is 4.22. The van der Waals surface area contributed by atoms with E-state index in [1.54, 1.807) is 43.1 Å². The van der Waals surface area contributed by atoms with Crippen LogP contribution in [-0.4, -0.2) is 31.9 Å². The van der Waals surface area contributed by atoms with Crippen molar-refractivity contribution in [3.8, 4) is 11.3 Å². The van der Waals surface area contributed by atoms with Crippen LogP contribution in [-0.2, 0) is 6.54 Å². The monoisotopic (exact) mass is 382 g/mol. The van der Waals surface area contributed by atoms with Crippen LogP contribution in [0.15, 0.2) is 90.7 Å². The molecule has 4 aromatic rings. The van der Waals surface area contributed by atoms with Crippen molar-refractivity contribution in [1.82, 2.24) is 25.2 Å². The van der Waals surface area contributed by atoms with Crippen molar-refractivity contribution in [2.45, 2.75) is 6.54 Å². The first-order chi connectivity index (χ1) is 14.3. The van der Waals surface area contributed by atoms with E-state index in [0.717, 1.165) is 22.4 Å². The van der Waals surface area contributed by atoms with Crippen molar-refractivity contribution in [2.24, 2.45) is 5.10 Å². The smallest absolute Gasteiger partial charge is 0.267 e. The molecule has 4 rings (SSSR count). The summed E-state index contributed by atoms with van der Waals surface area (Å²) in [5.41, 5.74) is 6.57. The molecule has 0 fully saturated rings. The van der Waals surface area contributed by atoms with Crippen LogP contribution in [0, 0.1) is 0 Å². The van der Waals surface area contributed by atoms with E-state index in [1.165, 1.54) is 0 Å². The zero-order valence-electron chi connectivity index (χ0n) is 15.5. The second-order valence-corrected chi connectivity index (χ2v) is 6.29. The predicted octanol–water partition coefficient (Wildman–Crippen LogP) is 3.15. The topological polar surface area (TPSA) is 85.1 Å². The van der Waals surface area contributed by atoms with Gasteiger partial charge in [0.1, 0.15) is 5.69 Å². The summed E-state index contributed by atoms with van der Waals surface area (Å²) in [5, 5.41) is 8.80. The van der Waals surface area contributed by atoms with Crippen molar-refractivity contribution < 1.29 is 4.79 Å². The summed E-state index contributed by atoms with van der Waals surface area (Å²) < 4.78 is 1.85. The highest BCUT2D eigenvalue weighted by Gasteiger charge is 2.11. The fourth-order valence-electron chi connectivity index (χ4n) is 2.84. The number of nitrogens with one attached hydrogen (secondary N) is 1. The molecule has 142 valence electrons. The number of nitrogens with zero attached hydrogens (tertiary/aromatic N) is 5. The lowest BCUT2D eigenvalue weighted by Gasteiger charge is -2.01. The number of carbonyl (C=O) groups is 1. The molecular formula is C22H18N6O. The highest BCUT2D eigenvalue weighted by Crippen LogP contribution is 2.20. The first-order valence-electron chi connectivity index (χ1n) is 9.05. The van der Waals surface area contributed by atoms with E-state index >= 15 is 0 Å². The maximum absolute atomic E-state index is 12.2. The van der Waals surface area contributed by atoms with Crippen LogP contribution in [0.3, 0.4) is 0 Å². The zero-order valence-corrected chi connectivity index (χ0v) is 15.5. The maximum Gasteiger partial charge on any atom is 0.271 e. The van der Waals surface area contributed by atoms with Gasteiger partial charge in [-0.1, -0.05) is 30.3 Å². The highest BCUT2D eigenvalue weighted by molar-refractivity contribution is 5.95. The lowest BCUT2D eigenvalue weighted by molar-refractivity contribution is 0.0955. The number of aromatic nitrogens is 4. The Kier molecular flexibility index (Phi) is 5.48. The first kappa shape index (κ1) is 18.2. The Balaban J connectivity index is 1.58. The standard InChI is InChI=1S/C22H18N6O/c29-22(18-8-11-23-12-9-18)26-25-14-20-16-28(15-17-5-2-1-3-6-17)27-21(20)19-7-4-10-24-13-19/h1-14,16H,15H2,(H,26,29)/b25-14-. The van der Waals surface area contributed by atoms with Crippen LogP contribution in [0.1, 0.15) is 21.5 Å². The summed E-state index contributed by atoms with van der Waals surface area (Å²) in [5.74, 6) is -0.303. The second-order valence-electron chi connectivity index (χ2n) is 6.29. The average Bonchev–Trinajstić information content (AvgIpc) is 3.18. The number of carbonyl (C=O) groups excluding carboxylic acids is 1. The van der Waals surface area contributed by atoms with Gasteiger partial charge in [0.2, 0.25) is 0 Å². The van der Waals surface area contributed by atoms with Gasteiger partial charge in [0, 0.05) is 47.7 Å². The van der Waals surface area contributed by atoms with Gasteiger partial charge in [0.05, 0.1) is 12.8 Å². The molecule has 1 N–H and O–H groups in total. The second kappa shape index (κ2) is 8.71. The molecule has 3 heterocycles. The van der Waals surface area contributed by atoms with Crippen LogP contribution >= 0.6 is 0 Å². The number of benzene rings is 1. The molecule has 3 aromatic heterocycles. The van der Waals surface area contributed by atoms with Crippen LogP contribution in [0.25, 0.3) is 11.3 Å². The maximum atomic E-state index is 12.2. The van der Waals surface area contributed by atoms with E-state index < -0.39 is 0 Å². The van der Waals surface area contributed by atoms with Crippen molar-refractivity contribution in [2.75, 3.05) is 0 Å². The van der Waals surface area contributed by atoms with Gasteiger partial charge in [-0.05, 0) is 29.8 Å². The molecule has 7 nitrogen and oxygen atoms in total. The molecule has 0 unspecified atom stereocenters. The number of amides is 1. The highest BCUT2D eigenvalue weighted by atomic mass is 16.2. The largest absolute Gasteiger partial charge is 0.271 e. The molecule has 0 aliphatic carbocycles. The lowest BCUT2D eigenvalue weighted by atomic mass is 10.1. The number of hydrogen-bond acceptors (Lipinski definition) is 5. The van der Waals surface area contributed by atoms with E-state index in [-0.39, 0.29) is 5.91 Å². The van der Waals surface area contributed by atoms with Crippen molar-refractivity contribution in [1.29, 1.82) is 0 Å². The molecule has 0 aliphatic heterocycles. The Labute approximate surface area is 167 Å². The quantitative estimate of drug-likeness (QED) is 0.410. The zero-order chi connectivity index (χ0) is 19.9. The Morgan fingerprint density at radius 3 is 2.59 bits per heavy atom. The number of pyridine rings is 2. The van der Waals surface area contributed by atoms with Crippen LogP contribution in [0.5, 0.6) is 0 Å². The van der Waals surface area contributed by atoms with E-state index in [9.17, 15) is 4.79 Å². The van der Waals surface area contributed by atoms with Crippen LogP contribution in [0.2, 0.25) is 0 Å². The van der Waals surface area contributed by atoms with Gasteiger partial charge in [0.25, 0.3) is 5.91 Å². The Morgan fingerprint density at radius 1 is 1.00 bits per heavy atom. The van der Waals surface area contributed by atoms with Gasteiger partial charge in [-0.25, -0.2) is 5.43 Å². The average molecular weight is 382 g/mol. The number of rotatable bonds is 6. The molecule has 1 aromatic carbocycles. The molecule has 0 bridgehead atoms. The third-order valence-corrected chi connectivity index (χ3v) is 4.22. The molecule has 0 aliphatic rings. The van der Waals surface area contributed by atoms with Crippen molar-refractivity contribution in [3.05, 3.63) is 102 Å². The van der Waals surface area contributed by atoms with Gasteiger partial charge in [0.15, 0.2) is 0 Å². The molecular weight excluding hydrogens is 364 g/mol. The summed E-state index contributed by atoms with van der Waals surface area (Å²) in [6.45, 7) is 0.630. The fraction of sp³-hybridized carbons (Fsp3) is 0.0455. The van der Waals surface area contributed by atoms with Gasteiger partial charge in [-0.15, -0.1) is 0 Å². The first-order valence-corrected chi connectivity index (χ1v) is 9.05. The molecule has 0 atom stereocenters. The Bertz CT molecular complexity index is 1110. The predicted molar refractivity (Wildman–Crippen MR) is 110 cm³/mol. The molecule has 1 amide bonds. The van der Waals surface area contributed by atoms with E-state index in [2.05, 4.69) is 20.5 Å². The van der Waals surface area contributed by atoms with Crippen molar-refractivity contribution in [3.63, 3.8) is 0 Å².